The summed E-state index contributed by atoms with van der Waals surface area (Å²) in [4.78, 5) is 16.3. The maximum Gasteiger partial charge on any atom is 0.323 e. The van der Waals surface area contributed by atoms with Crippen molar-refractivity contribution in [2.45, 2.75) is 97.4 Å². The molecule has 0 aliphatic carbocycles. The first-order valence-electron chi connectivity index (χ1n) is 14.6. The van der Waals surface area contributed by atoms with E-state index >= 15 is 0 Å². The number of anilines is 2. The highest BCUT2D eigenvalue weighted by Gasteiger charge is 2.11. The predicted molar refractivity (Wildman–Crippen MR) is 174 cm³/mol. The molecule has 1 aliphatic heterocycles. The second-order valence-electron chi connectivity index (χ2n) is 10.3. The van der Waals surface area contributed by atoms with E-state index in [0.717, 1.165) is 24.5 Å². The van der Waals surface area contributed by atoms with E-state index in [1.54, 1.807) is 0 Å². The van der Waals surface area contributed by atoms with Crippen molar-refractivity contribution in [3.63, 3.8) is 0 Å². The van der Waals surface area contributed by atoms with Crippen molar-refractivity contribution < 1.29 is 9.53 Å². The minimum Gasteiger partial charge on any atom is -0.491 e. The number of amides is 2. The van der Waals surface area contributed by atoms with Crippen LogP contribution >= 0.6 is 28.7 Å². The highest BCUT2D eigenvalue weighted by atomic mass is 79.9. The maximum atomic E-state index is 12.6. The van der Waals surface area contributed by atoms with Gasteiger partial charge in [-0.2, -0.15) is 0 Å². The highest BCUT2D eigenvalue weighted by Crippen LogP contribution is 2.27. The normalized spacial score (nSPS) is 12.6. The molecule has 0 fully saturated rings. The van der Waals surface area contributed by atoms with Gasteiger partial charge in [0.15, 0.2) is 0 Å². The Bertz CT molecular complexity index is 984. The van der Waals surface area contributed by atoms with Gasteiger partial charge in [0.1, 0.15) is 5.75 Å². The standard InChI is InChI=1S/C32H47N3O2S.BrH/c1-3-4-5-6-7-8-9-10-11-12-13-16-23-37-31-18-15-14-17-30(31)34-32(36)33-29-21-19-28(20-22-29)25-35-24-27(2)38-26-35;/h14-15,17-22,24H,3-13,16,23,25-26H2,1-2H3,(H2,33,34,36);1H. The molecule has 0 saturated carbocycles. The molecule has 2 N–H and O–H groups in total. The van der Waals surface area contributed by atoms with Crippen LogP contribution in [0.4, 0.5) is 16.2 Å². The van der Waals surface area contributed by atoms with Crippen LogP contribution in [0.1, 0.15) is 96.5 Å². The molecule has 1 aliphatic rings. The molecule has 1 heterocycles. The highest BCUT2D eigenvalue weighted by molar-refractivity contribution is 8.93. The zero-order valence-electron chi connectivity index (χ0n) is 23.9. The summed E-state index contributed by atoms with van der Waals surface area (Å²) in [5.41, 5.74) is 2.68. The number of carbonyl (C=O) groups is 1. The molecule has 2 aromatic carbocycles. The van der Waals surface area contributed by atoms with Crippen LogP contribution in [0.2, 0.25) is 0 Å². The zero-order valence-corrected chi connectivity index (χ0v) is 26.4. The maximum absolute atomic E-state index is 12.6. The number of hydrogen-bond acceptors (Lipinski definition) is 4. The number of urea groups is 1. The Morgan fingerprint density at radius 3 is 2.08 bits per heavy atom. The molecule has 0 unspecified atom stereocenters. The number of benzene rings is 2. The van der Waals surface area contributed by atoms with E-state index in [1.807, 2.05) is 48.2 Å². The summed E-state index contributed by atoms with van der Waals surface area (Å²) in [6, 6.07) is 15.4. The van der Waals surface area contributed by atoms with Crippen molar-refractivity contribution in [1.82, 2.24) is 4.90 Å². The van der Waals surface area contributed by atoms with Crippen LogP contribution in [0.5, 0.6) is 5.75 Å². The Kier molecular flexibility index (Phi) is 16.9. The molecule has 216 valence electrons. The number of ether oxygens (including phenoxy) is 1. The van der Waals surface area contributed by atoms with Gasteiger partial charge in [-0.3, -0.25) is 0 Å². The lowest BCUT2D eigenvalue weighted by Crippen LogP contribution is -2.20. The molecule has 0 saturated heterocycles. The second-order valence-corrected chi connectivity index (χ2v) is 11.5. The topological polar surface area (TPSA) is 53.6 Å². The average molecular weight is 619 g/mol. The van der Waals surface area contributed by atoms with Gasteiger partial charge in [0.05, 0.1) is 18.2 Å². The number of halogens is 1. The van der Waals surface area contributed by atoms with Gasteiger partial charge in [-0.15, -0.1) is 28.7 Å². The number of nitrogens with one attached hydrogen (secondary N) is 2. The number of hydrogen-bond donors (Lipinski definition) is 2. The third kappa shape index (κ3) is 13.7. The van der Waals surface area contributed by atoms with Crippen molar-refractivity contribution in [3.8, 4) is 5.75 Å². The number of unbranched alkanes of at least 4 members (excludes halogenated alkanes) is 11. The predicted octanol–water partition coefficient (Wildman–Crippen LogP) is 10.4. The molecule has 0 spiro atoms. The largest absolute Gasteiger partial charge is 0.491 e. The Labute approximate surface area is 251 Å². The van der Waals surface area contributed by atoms with Crippen LogP contribution in [-0.2, 0) is 6.54 Å². The number of allylic oxidation sites excluding steroid dienone is 1. The monoisotopic (exact) mass is 617 g/mol. The SMILES string of the molecule is Br.CCCCCCCCCCCCCCOc1ccccc1NC(=O)Nc1ccc(CN2C=C(C)SC2)cc1. The summed E-state index contributed by atoms with van der Waals surface area (Å²) in [6.45, 7) is 5.96. The van der Waals surface area contributed by atoms with Crippen LogP contribution < -0.4 is 15.4 Å². The van der Waals surface area contributed by atoms with Crippen molar-refractivity contribution >= 4 is 46.1 Å². The summed E-state index contributed by atoms with van der Waals surface area (Å²) >= 11 is 1.86. The summed E-state index contributed by atoms with van der Waals surface area (Å²) in [6.07, 6.45) is 18.1. The molecule has 2 amide bonds. The van der Waals surface area contributed by atoms with Crippen molar-refractivity contribution in [2.24, 2.45) is 0 Å². The molecule has 7 heteroatoms. The quantitative estimate of drug-likeness (QED) is 0.163. The summed E-state index contributed by atoms with van der Waals surface area (Å²) in [5, 5.41) is 5.87. The van der Waals surface area contributed by atoms with E-state index in [1.165, 1.54) is 81.1 Å². The number of rotatable bonds is 18. The first kappa shape index (κ1) is 33.1. The molecule has 2 aromatic rings. The Morgan fingerprint density at radius 2 is 1.46 bits per heavy atom. The molecular formula is C32H48BrN3O2S. The summed E-state index contributed by atoms with van der Waals surface area (Å²) in [5.74, 6) is 1.71. The van der Waals surface area contributed by atoms with Crippen molar-refractivity contribution in [1.29, 1.82) is 0 Å². The van der Waals surface area contributed by atoms with Gasteiger partial charge in [-0.25, -0.2) is 4.79 Å². The minimum atomic E-state index is -0.270. The number of carbonyl (C=O) groups excluding carboxylic acids is 1. The van der Waals surface area contributed by atoms with Crippen LogP contribution in [-0.4, -0.2) is 23.4 Å². The third-order valence-corrected chi connectivity index (χ3v) is 7.83. The van der Waals surface area contributed by atoms with Crippen LogP contribution in [0.3, 0.4) is 0 Å². The number of nitrogens with zero attached hydrogens (tertiary/aromatic N) is 1. The molecule has 0 atom stereocenters. The fraction of sp³-hybridized carbons (Fsp3) is 0.531. The van der Waals surface area contributed by atoms with Gasteiger partial charge in [0.25, 0.3) is 0 Å². The van der Waals surface area contributed by atoms with Gasteiger partial charge in [-0.05, 0) is 48.1 Å². The van der Waals surface area contributed by atoms with Gasteiger partial charge in [-0.1, -0.05) is 102 Å². The molecular weight excluding hydrogens is 570 g/mol. The fourth-order valence-electron chi connectivity index (χ4n) is 4.64. The average Bonchev–Trinajstić information content (AvgIpc) is 3.33. The van der Waals surface area contributed by atoms with Crippen LogP contribution in [0, 0.1) is 0 Å². The van der Waals surface area contributed by atoms with Gasteiger partial charge < -0.3 is 20.3 Å². The Balaban J connectivity index is 0.00000533. The number of para-hydroxylation sites is 2. The van der Waals surface area contributed by atoms with Crippen molar-refractivity contribution in [2.75, 3.05) is 23.1 Å². The molecule has 39 heavy (non-hydrogen) atoms. The first-order chi connectivity index (χ1) is 18.6. The second kappa shape index (κ2) is 19.9. The molecule has 0 radical (unpaired) electrons. The van der Waals surface area contributed by atoms with E-state index in [0.29, 0.717) is 18.0 Å². The number of thioether (sulfide) groups is 1. The smallest absolute Gasteiger partial charge is 0.323 e. The van der Waals surface area contributed by atoms with Crippen LogP contribution in [0.15, 0.2) is 59.6 Å². The third-order valence-electron chi connectivity index (χ3n) is 6.81. The fourth-order valence-corrected chi connectivity index (χ4v) is 5.40. The van der Waals surface area contributed by atoms with Crippen LogP contribution in [0.25, 0.3) is 0 Å². The minimum absolute atomic E-state index is 0. The molecule has 3 rings (SSSR count). The van der Waals surface area contributed by atoms with E-state index in [9.17, 15) is 4.79 Å². The Morgan fingerprint density at radius 1 is 0.846 bits per heavy atom. The molecule has 0 aromatic heterocycles. The van der Waals surface area contributed by atoms with E-state index in [2.05, 4.69) is 47.7 Å². The lowest BCUT2D eigenvalue weighted by atomic mass is 10.1. The lowest BCUT2D eigenvalue weighted by molar-refractivity contribution is 0.261. The molecule has 0 bridgehead atoms. The van der Waals surface area contributed by atoms with E-state index in [4.69, 9.17) is 4.74 Å². The van der Waals surface area contributed by atoms with Crippen molar-refractivity contribution in [3.05, 3.63) is 65.2 Å². The van der Waals surface area contributed by atoms with E-state index in [-0.39, 0.29) is 23.0 Å². The zero-order chi connectivity index (χ0) is 26.8. The first-order valence-corrected chi connectivity index (χ1v) is 15.6. The van der Waals surface area contributed by atoms with Gasteiger partial charge >= 0.3 is 6.03 Å². The molecule has 5 nitrogen and oxygen atoms in total. The summed E-state index contributed by atoms with van der Waals surface area (Å²) < 4.78 is 6.01. The lowest BCUT2D eigenvalue weighted by Gasteiger charge is -2.15. The van der Waals surface area contributed by atoms with E-state index < -0.39 is 0 Å². The van der Waals surface area contributed by atoms with Gasteiger partial charge in [0, 0.05) is 18.4 Å². The Hall–Kier alpha value is -2.12. The van der Waals surface area contributed by atoms with Gasteiger partial charge in [0.2, 0.25) is 0 Å². The summed E-state index contributed by atoms with van der Waals surface area (Å²) in [7, 11) is 0.